The molecule has 0 aliphatic carbocycles. The van der Waals surface area contributed by atoms with E-state index in [0.29, 0.717) is 0 Å². The van der Waals surface area contributed by atoms with Gasteiger partial charge >= 0.3 is 0 Å². The highest BCUT2D eigenvalue weighted by molar-refractivity contribution is 5.14. The summed E-state index contributed by atoms with van der Waals surface area (Å²) < 4.78 is 13.4. The van der Waals surface area contributed by atoms with E-state index in [-0.39, 0.29) is 11.6 Å². The second-order valence-electron chi connectivity index (χ2n) is 4.67. The fourth-order valence-corrected chi connectivity index (χ4v) is 2.86. The third kappa shape index (κ3) is 2.30. The molecule has 1 aromatic heterocycles. The van der Waals surface area contributed by atoms with Crippen LogP contribution in [0, 0.1) is 0 Å². The van der Waals surface area contributed by atoms with Crippen LogP contribution in [0.15, 0.2) is 12.3 Å². The Bertz CT molecular complexity index is 372. The molecule has 1 atom stereocenters. The molecule has 102 valence electrons. The fraction of sp³-hybridized carbons (Fsp3) is 0.769. The summed E-state index contributed by atoms with van der Waals surface area (Å²) in [5.74, 6) is 0. The van der Waals surface area contributed by atoms with Crippen LogP contribution in [0.1, 0.15) is 31.5 Å². The first-order chi connectivity index (χ1) is 8.77. The molecule has 2 heterocycles. The molecule has 0 aromatic carbocycles. The number of rotatable bonds is 5. The van der Waals surface area contributed by atoms with E-state index < -0.39 is 0 Å². The molecule has 18 heavy (non-hydrogen) atoms. The van der Waals surface area contributed by atoms with Gasteiger partial charge in [0.15, 0.2) is 0 Å². The van der Waals surface area contributed by atoms with E-state index in [4.69, 9.17) is 9.47 Å². The molecular weight excluding hydrogens is 230 g/mol. The van der Waals surface area contributed by atoms with Crippen molar-refractivity contribution < 1.29 is 9.47 Å². The van der Waals surface area contributed by atoms with Gasteiger partial charge in [-0.05, 0) is 20.0 Å². The van der Waals surface area contributed by atoms with Crippen molar-refractivity contribution in [1.82, 2.24) is 15.1 Å². The average Bonchev–Trinajstić information content (AvgIpc) is 2.89. The van der Waals surface area contributed by atoms with Crippen LogP contribution < -0.4 is 5.32 Å². The third-order valence-electron chi connectivity index (χ3n) is 3.91. The van der Waals surface area contributed by atoms with Gasteiger partial charge in [0.25, 0.3) is 0 Å². The lowest BCUT2D eigenvalue weighted by atomic mass is 9.84. The lowest BCUT2D eigenvalue weighted by Crippen LogP contribution is -2.49. The first kappa shape index (κ1) is 13.5. The number of aromatic nitrogens is 2. The van der Waals surface area contributed by atoms with Crippen molar-refractivity contribution in [2.75, 3.05) is 27.4 Å². The second kappa shape index (κ2) is 5.82. The zero-order chi connectivity index (χ0) is 13.0. The van der Waals surface area contributed by atoms with Gasteiger partial charge in [0.2, 0.25) is 0 Å². The molecule has 0 bridgehead atoms. The molecule has 5 nitrogen and oxygen atoms in total. The Labute approximate surface area is 108 Å². The summed E-state index contributed by atoms with van der Waals surface area (Å²) in [6.07, 6.45) is 3.67. The summed E-state index contributed by atoms with van der Waals surface area (Å²) in [5.41, 5.74) is 0.990. The standard InChI is InChI=1S/C13H23N3O2/c1-4-16-11(5-8-15-16)12(14-2)13(17-3)6-9-18-10-7-13/h5,8,12,14H,4,6-7,9-10H2,1-3H3. The quantitative estimate of drug-likeness (QED) is 0.861. The average molecular weight is 253 g/mol. The van der Waals surface area contributed by atoms with Crippen LogP contribution in [0.2, 0.25) is 0 Å². The molecule has 1 unspecified atom stereocenters. The molecule has 1 saturated heterocycles. The number of likely N-dealkylation sites (N-methyl/N-ethyl adjacent to an activating group) is 1. The summed E-state index contributed by atoms with van der Waals surface area (Å²) in [5, 5.41) is 7.75. The summed E-state index contributed by atoms with van der Waals surface area (Å²) in [6.45, 7) is 4.49. The predicted molar refractivity (Wildman–Crippen MR) is 69.5 cm³/mol. The van der Waals surface area contributed by atoms with Gasteiger partial charge in [-0.1, -0.05) is 0 Å². The number of hydrogen-bond donors (Lipinski definition) is 1. The normalized spacial score (nSPS) is 20.8. The Morgan fingerprint density at radius 3 is 2.83 bits per heavy atom. The highest BCUT2D eigenvalue weighted by Gasteiger charge is 2.42. The summed E-state index contributed by atoms with van der Waals surface area (Å²) in [4.78, 5) is 0. The van der Waals surface area contributed by atoms with E-state index >= 15 is 0 Å². The SMILES string of the molecule is CCn1nccc1C(NC)C1(OC)CCOCC1. The molecule has 1 N–H and O–H groups in total. The van der Waals surface area contributed by atoms with Gasteiger partial charge in [0.1, 0.15) is 0 Å². The lowest BCUT2D eigenvalue weighted by molar-refractivity contribution is -0.111. The van der Waals surface area contributed by atoms with Gasteiger partial charge < -0.3 is 14.8 Å². The maximum Gasteiger partial charge on any atom is 0.0931 e. The molecule has 1 aromatic rings. The fourth-order valence-electron chi connectivity index (χ4n) is 2.86. The number of nitrogens with one attached hydrogen (secondary N) is 1. The summed E-state index contributed by atoms with van der Waals surface area (Å²) >= 11 is 0. The van der Waals surface area contributed by atoms with E-state index in [1.807, 2.05) is 17.9 Å². The Morgan fingerprint density at radius 2 is 2.28 bits per heavy atom. The Kier molecular flexibility index (Phi) is 4.37. The number of aryl methyl sites for hydroxylation is 1. The number of hydrogen-bond acceptors (Lipinski definition) is 4. The lowest BCUT2D eigenvalue weighted by Gasteiger charge is -2.42. The van der Waals surface area contributed by atoms with Crippen molar-refractivity contribution >= 4 is 0 Å². The Morgan fingerprint density at radius 1 is 1.56 bits per heavy atom. The van der Waals surface area contributed by atoms with Gasteiger partial charge in [0, 0.05) is 45.9 Å². The molecule has 2 rings (SSSR count). The number of nitrogens with zero attached hydrogens (tertiary/aromatic N) is 2. The van der Waals surface area contributed by atoms with Crippen molar-refractivity contribution in [2.24, 2.45) is 0 Å². The smallest absolute Gasteiger partial charge is 0.0931 e. The van der Waals surface area contributed by atoms with Crippen molar-refractivity contribution in [3.05, 3.63) is 18.0 Å². The molecular formula is C13H23N3O2. The highest BCUT2D eigenvalue weighted by Crippen LogP contribution is 2.37. The van der Waals surface area contributed by atoms with Crippen LogP contribution in [0.3, 0.4) is 0 Å². The Hall–Kier alpha value is -0.910. The maximum absolute atomic E-state index is 5.87. The molecule has 1 aliphatic rings. The monoisotopic (exact) mass is 253 g/mol. The molecule has 0 amide bonds. The molecule has 0 spiro atoms. The number of ether oxygens (including phenoxy) is 2. The van der Waals surface area contributed by atoms with Gasteiger partial charge in [-0.3, -0.25) is 4.68 Å². The number of methoxy groups -OCH3 is 1. The van der Waals surface area contributed by atoms with Crippen LogP contribution in [-0.2, 0) is 16.0 Å². The van der Waals surface area contributed by atoms with E-state index in [0.717, 1.165) is 32.6 Å². The zero-order valence-electron chi connectivity index (χ0n) is 11.5. The van der Waals surface area contributed by atoms with Crippen molar-refractivity contribution in [3.8, 4) is 0 Å². The Balaban J connectivity index is 2.31. The molecule has 0 radical (unpaired) electrons. The summed E-state index contributed by atoms with van der Waals surface area (Å²) in [7, 11) is 3.77. The van der Waals surface area contributed by atoms with Crippen LogP contribution in [0.5, 0.6) is 0 Å². The second-order valence-corrected chi connectivity index (χ2v) is 4.67. The van der Waals surface area contributed by atoms with E-state index in [2.05, 4.69) is 23.4 Å². The molecule has 0 saturated carbocycles. The van der Waals surface area contributed by atoms with Crippen molar-refractivity contribution in [2.45, 2.75) is 38.0 Å². The minimum atomic E-state index is -0.194. The zero-order valence-corrected chi connectivity index (χ0v) is 11.5. The minimum absolute atomic E-state index is 0.147. The van der Waals surface area contributed by atoms with Crippen LogP contribution in [-0.4, -0.2) is 42.8 Å². The first-order valence-corrected chi connectivity index (χ1v) is 6.59. The van der Waals surface area contributed by atoms with E-state index in [1.165, 1.54) is 5.69 Å². The van der Waals surface area contributed by atoms with Crippen LogP contribution >= 0.6 is 0 Å². The predicted octanol–water partition coefficient (Wildman–Crippen LogP) is 1.36. The highest BCUT2D eigenvalue weighted by atomic mass is 16.5. The van der Waals surface area contributed by atoms with Gasteiger partial charge in [-0.2, -0.15) is 5.10 Å². The van der Waals surface area contributed by atoms with Gasteiger partial charge in [-0.25, -0.2) is 0 Å². The largest absolute Gasteiger partial charge is 0.381 e. The van der Waals surface area contributed by atoms with Crippen LogP contribution in [0.4, 0.5) is 0 Å². The molecule has 5 heteroatoms. The maximum atomic E-state index is 5.87. The molecule has 1 aliphatic heterocycles. The summed E-state index contributed by atoms with van der Waals surface area (Å²) in [6, 6.07) is 2.22. The van der Waals surface area contributed by atoms with E-state index in [1.54, 1.807) is 7.11 Å². The van der Waals surface area contributed by atoms with Crippen LogP contribution in [0.25, 0.3) is 0 Å². The van der Waals surface area contributed by atoms with Crippen molar-refractivity contribution in [1.29, 1.82) is 0 Å². The molecule has 1 fully saturated rings. The van der Waals surface area contributed by atoms with Gasteiger partial charge in [0.05, 0.1) is 17.3 Å². The first-order valence-electron chi connectivity index (χ1n) is 6.59. The third-order valence-corrected chi connectivity index (χ3v) is 3.91. The van der Waals surface area contributed by atoms with E-state index in [9.17, 15) is 0 Å². The minimum Gasteiger partial charge on any atom is -0.381 e. The van der Waals surface area contributed by atoms with Crippen molar-refractivity contribution in [3.63, 3.8) is 0 Å². The topological polar surface area (TPSA) is 48.3 Å². The van der Waals surface area contributed by atoms with Gasteiger partial charge in [-0.15, -0.1) is 0 Å².